The van der Waals surface area contributed by atoms with Crippen LogP contribution in [0.2, 0.25) is 0 Å². The van der Waals surface area contributed by atoms with Gasteiger partial charge in [-0.25, -0.2) is 4.98 Å². The normalized spacial score (nSPS) is 11.0. The van der Waals surface area contributed by atoms with E-state index in [-0.39, 0.29) is 11.4 Å². The molecule has 0 aliphatic heterocycles. The molecule has 0 saturated heterocycles. The van der Waals surface area contributed by atoms with Crippen molar-refractivity contribution in [3.8, 4) is 6.07 Å². The van der Waals surface area contributed by atoms with E-state index < -0.39 is 12.7 Å². The zero-order valence-corrected chi connectivity index (χ0v) is 8.84. The van der Waals surface area contributed by atoms with E-state index in [0.29, 0.717) is 5.69 Å². The molecule has 0 atom stereocenters. The van der Waals surface area contributed by atoms with Crippen molar-refractivity contribution >= 4 is 5.82 Å². The van der Waals surface area contributed by atoms with Gasteiger partial charge in [0.2, 0.25) is 0 Å². The van der Waals surface area contributed by atoms with Gasteiger partial charge in [-0.3, -0.25) is 0 Å². The number of hydrogen-bond donors (Lipinski definition) is 0. The van der Waals surface area contributed by atoms with Gasteiger partial charge in [0.1, 0.15) is 18.4 Å². The van der Waals surface area contributed by atoms with Crippen molar-refractivity contribution in [1.29, 1.82) is 5.26 Å². The lowest BCUT2D eigenvalue weighted by Gasteiger charge is -2.20. The van der Waals surface area contributed by atoms with Crippen LogP contribution in [0.4, 0.5) is 19.0 Å². The number of nitrogens with zero attached hydrogens (tertiary/aromatic N) is 3. The monoisotopic (exact) mass is 229 g/mol. The number of pyridine rings is 1. The van der Waals surface area contributed by atoms with Gasteiger partial charge in [0.15, 0.2) is 0 Å². The third kappa shape index (κ3) is 3.12. The van der Waals surface area contributed by atoms with Crippen LogP contribution >= 0.6 is 0 Å². The summed E-state index contributed by atoms with van der Waals surface area (Å²) in [7, 11) is 1.26. The molecule has 86 valence electrons. The van der Waals surface area contributed by atoms with Crippen LogP contribution < -0.4 is 4.90 Å². The maximum absolute atomic E-state index is 12.2. The highest BCUT2D eigenvalue weighted by atomic mass is 19.4. The Balaban J connectivity index is 3.03. The number of hydrogen-bond acceptors (Lipinski definition) is 3. The predicted molar refractivity (Wildman–Crippen MR) is 53.0 cm³/mol. The molecule has 1 rings (SSSR count). The van der Waals surface area contributed by atoms with Gasteiger partial charge in [-0.1, -0.05) is 0 Å². The number of aryl methyl sites for hydroxylation is 1. The minimum Gasteiger partial charge on any atom is -0.349 e. The first-order valence-electron chi connectivity index (χ1n) is 4.49. The number of aromatic nitrogens is 1. The van der Waals surface area contributed by atoms with Gasteiger partial charge < -0.3 is 4.90 Å². The molecule has 0 spiro atoms. The summed E-state index contributed by atoms with van der Waals surface area (Å²) < 4.78 is 36.5. The maximum Gasteiger partial charge on any atom is 0.405 e. The second kappa shape index (κ2) is 4.39. The van der Waals surface area contributed by atoms with Gasteiger partial charge in [-0.2, -0.15) is 18.4 Å². The fraction of sp³-hybridized carbons (Fsp3) is 0.400. The summed E-state index contributed by atoms with van der Waals surface area (Å²) in [6, 6.07) is 4.87. The lowest BCUT2D eigenvalue weighted by Crippen LogP contribution is -2.32. The smallest absolute Gasteiger partial charge is 0.349 e. The molecule has 16 heavy (non-hydrogen) atoms. The molecule has 0 unspecified atom stereocenters. The maximum atomic E-state index is 12.2. The molecule has 0 amide bonds. The number of alkyl halides is 3. The number of anilines is 1. The summed E-state index contributed by atoms with van der Waals surface area (Å²) in [4.78, 5) is 4.85. The lowest BCUT2D eigenvalue weighted by atomic mass is 10.2. The SMILES string of the molecule is Cc1ccc(C#N)c(N(C)CC(F)(F)F)n1. The Hall–Kier alpha value is -1.77. The Morgan fingerprint density at radius 2 is 2.06 bits per heavy atom. The third-order valence-corrected chi connectivity index (χ3v) is 1.91. The fourth-order valence-electron chi connectivity index (χ4n) is 1.27. The average Bonchev–Trinajstić information content (AvgIpc) is 2.15. The van der Waals surface area contributed by atoms with Crippen molar-refractivity contribution in [3.63, 3.8) is 0 Å². The molecule has 0 N–H and O–H groups in total. The quantitative estimate of drug-likeness (QED) is 0.780. The predicted octanol–water partition coefficient (Wildman–Crippen LogP) is 2.26. The van der Waals surface area contributed by atoms with Crippen LogP contribution in [-0.4, -0.2) is 24.8 Å². The average molecular weight is 229 g/mol. The minimum absolute atomic E-state index is 0.0554. The van der Waals surface area contributed by atoms with Crippen LogP contribution in [0.15, 0.2) is 12.1 Å². The van der Waals surface area contributed by atoms with Crippen LogP contribution in [-0.2, 0) is 0 Å². The molecule has 6 heteroatoms. The number of nitriles is 1. The highest BCUT2D eigenvalue weighted by Crippen LogP contribution is 2.22. The summed E-state index contributed by atoms with van der Waals surface area (Å²) in [5.74, 6) is 0.0554. The van der Waals surface area contributed by atoms with Gasteiger partial charge in [0.05, 0.1) is 5.56 Å². The summed E-state index contributed by atoms with van der Waals surface area (Å²) in [6.07, 6.45) is -4.31. The van der Waals surface area contributed by atoms with Crippen molar-refractivity contribution < 1.29 is 13.2 Å². The van der Waals surface area contributed by atoms with Crippen molar-refractivity contribution in [2.75, 3.05) is 18.5 Å². The van der Waals surface area contributed by atoms with E-state index in [1.165, 1.54) is 13.1 Å². The highest BCUT2D eigenvalue weighted by molar-refractivity contribution is 5.53. The summed E-state index contributed by atoms with van der Waals surface area (Å²) >= 11 is 0. The van der Waals surface area contributed by atoms with Crippen molar-refractivity contribution in [3.05, 3.63) is 23.4 Å². The van der Waals surface area contributed by atoms with Crippen LogP contribution in [0.5, 0.6) is 0 Å². The Bertz CT molecular complexity index is 420. The first-order chi connectivity index (χ1) is 7.33. The van der Waals surface area contributed by atoms with Gasteiger partial charge in [-0.15, -0.1) is 0 Å². The lowest BCUT2D eigenvalue weighted by molar-refractivity contribution is -0.119. The van der Waals surface area contributed by atoms with E-state index in [2.05, 4.69) is 4.98 Å². The molecular formula is C10H10F3N3. The topological polar surface area (TPSA) is 39.9 Å². The van der Waals surface area contributed by atoms with E-state index in [0.717, 1.165) is 4.90 Å². The largest absolute Gasteiger partial charge is 0.405 e. The number of rotatable bonds is 2. The summed E-state index contributed by atoms with van der Waals surface area (Å²) in [5.41, 5.74) is 0.709. The first kappa shape index (κ1) is 12.3. The van der Waals surface area contributed by atoms with E-state index in [1.54, 1.807) is 13.0 Å². The summed E-state index contributed by atoms with van der Waals surface area (Å²) in [6.45, 7) is 0.532. The van der Waals surface area contributed by atoms with E-state index in [9.17, 15) is 13.2 Å². The van der Waals surface area contributed by atoms with Gasteiger partial charge >= 0.3 is 6.18 Å². The fourth-order valence-corrected chi connectivity index (χ4v) is 1.27. The van der Waals surface area contributed by atoms with Crippen molar-refractivity contribution in [1.82, 2.24) is 4.98 Å². The molecule has 0 aromatic carbocycles. The molecule has 1 heterocycles. The Morgan fingerprint density at radius 3 is 2.56 bits per heavy atom. The molecule has 0 aliphatic rings. The van der Waals surface area contributed by atoms with E-state index >= 15 is 0 Å². The van der Waals surface area contributed by atoms with Crippen molar-refractivity contribution in [2.45, 2.75) is 13.1 Å². The van der Waals surface area contributed by atoms with Gasteiger partial charge in [-0.05, 0) is 19.1 Å². The number of halogens is 3. The Kier molecular flexibility index (Phi) is 3.38. The van der Waals surface area contributed by atoms with Crippen LogP contribution in [0.3, 0.4) is 0 Å². The Morgan fingerprint density at radius 1 is 1.44 bits per heavy atom. The molecule has 0 aliphatic carbocycles. The first-order valence-corrected chi connectivity index (χ1v) is 4.49. The molecular weight excluding hydrogens is 219 g/mol. The molecule has 1 aromatic rings. The minimum atomic E-state index is -4.31. The zero-order valence-electron chi connectivity index (χ0n) is 8.84. The zero-order chi connectivity index (χ0) is 12.3. The van der Waals surface area contributed by atoms with Crippen molar-refractivity contribution in [2.24, 2.45) is 0 Å². The van der Waals surface area contributed by atoms with Crippen LogP contribution in [0.1, 0.15) is 11.3 Å². The molecule has 1 aromatic heterocycles. The standard InChI is InChI=1S/C10H10F3N3/c1-7-3-4-8(5-14)9(15-7)16(2)6-10(11,12)13/h3-4H,6H2,1-2H3. The highest BCUT2D eigenvalue weighted by Gasteiger charge is 2.30. The molecule has 0 radical (unpaired) electrons. The second-order valence-corrected chi connectivity index (χ2v) is 3.41. The van der Waals surface area contributed by atoms with E-state index in [1.807, 2.05) is 6.07 Å². The second-order valence-electron chi connectivity index (χ2n) is 3.41. The van der Waals surface area contributed by atoms with Gasteiger partial charge in [0.25, 0.3) is 0 Å². The third-order valence-electron chi connectivity index (χ3n) is 1.91. The van der Waals surface area contributed by atoms with Crippen LogP contribution in [0, 0.1) is 18.3 Å². The summed E-state index contributed by atoms with van der Waals surface area (Å²) in [5, 5.41) is 8.76. The molecule has 0 bridgehead atoms. The molecule has 0 saturated carbocycles. The van der Waals surface area contributed by atoms with E-state index in [4.69, 9.17) is 5.26 Å². The Labute approximate surface area is 91.1 Å². The van der Waals surface area contributed by atoms with Crippen LogP contribution in [0.25, 0.3) is 0 Å². The molecule has 0 fully saturated rings. The molecule has 3 nitrogen and oxygen atoms in total. The van der Waals surface area contributed by atoms with Gasteiger partial charge in [0, 0.05) is 12.7 Å².